The third kappa shape index (κ3) is 3.32. The Morgan fingerprint density at radius 1 is 1.57 bits per heavy atom. The van der Waals surface area contributed by atoms with Crippen LogP contribution >= 0.6 is 0 Å². The molecule has 1 saturated heterocycles. The number of unbranched alkanes of at least 4 members (excludes halogenated alkanes) is 1. The molecule has 1 heterocycles. The van der Waals surface area contributed by atoms with E-state index in [-0.39, 0.29) is 0 Å². The van der Waals surface area contributed by atoms with Crippen LogP contribution in [-0.4, -0.2) is 37.1 Å². The minimum absolute atomic E-state index is 0.707. The lowest BCUT2D eigenvalue weighted by atomic mass is 9.98. The van der Waals surface area contributed by atoms with Gasteiger partial charge in [0.25, 0.3) is 0 Å². The summed E-state index contributed by atoms with van der Waals surface area (Å²) in [7, 11) is 2.06. The van der Waals surface area contributed by atoms with Gasteiger partial charge in [0.15, 0.2) is 0 Å². The van der Waals surface area contributed by atoms with Crippen molar-refractivity contribution in [2.45, 2.75) is 44.7 Å². The van der Waals surface area contributed by atoms with Gasteiger partial charge in [-0.15, -0.1) is 12.3 Å². The van der Waals surface area contributed by atoms with Crippen molar-refractivity contribution in [1.29, 1.82) is 0 Å². The number of terminal acetylenes is 1. The number of likely N-dealkylation sites (tertiary alicyclic amines) is 1. The largest absolute Gasteiger partial charge is 0.317 e. The van der Waals surface area contributed by atoms with Gasteiger partial charge >= 0.3 is 0 Å². The van der Waals surface area contributed by atoms with Crippen LogP contribution in [-0.2, 0) is 0 Å². The number of nitrogens with zero attached hydrogens (tertiary/aromatic N) is 1. The van der Waals surface area contributed by atoms with Crippen LogP contribution in [0.4, 0.5) is 0 Å². The first-order chi connectivity index (χ1) is 6.77. The Morgan fingerprint density at radius 2 is 2.36 bits per heavy atom. The van der Waals surface area contributed by atoms with Crippen LogP contribution < -0.4 is 5.32 Å². The van der Waals surface area contributed by atoms with E-state index in [4.69, 9.17) is 6.42 Å². The molecule has 0 aliphatic carbocycles. The molecule has 0 aromatic heterocycles. The van der Waals surface area contributed by atoms with Gasteiger partial charge in [-0.05, 0) is 46.3 Å². The summed E-state index contributed by atoms with van der Waals surface area (Å²) in [6, 6.07) is 1.42. The molecule has 2 atom stereocenters. The predicted molar refractivity (Wildman–Crippen MR) is 61.2 cm³/mol. The van der Waals surface area contributed by atoms with Crippen LogP contribution in [0, 0.1) is 12.3 Å². The summed E-state index contributed by atoms with van der Waals surface area (Å²) in [6.45, 7) is 4.71. The van der Waals surface area contributed by atoms with E-state index in [1.807, 2.05) is 0 Å². The summed E-state index contributed by atoms with van der Waals surface area (Å²) < 4.78 is 0. The molecule has 1 fully saturated rings. The van der Waals surface area contributed by atoms with Crippen molar-refractivity contribution in [1.82, 2.24) is 10.2 Å². The van der Waals surface area contributed by atoms with Gasteiger partial charge in [0.1, 0.15) is 0 Å². The minimum atomic E-state index is 0.707. The first kappa shape index (κ1) is 11.6. The van der Waals surface area contributed by atoms with E-state index in [1.54, 1.807) is 0 Å². The molecule has 1 N–H and O–H groups in total. The molecule has 2 heteroatoms. The van der Waals surface area contributed by atoms with E-state index < -0.39 is 0 Å². The minimum Gasteiger partial charge on any atom is -0.317 e. The van der Waals surface area contributed by atoms with Gasteiger partial charge in [-0.3, -0.25) is 0 Å². The molecule has 1 aliphatic heterocycles. The standard InChI is InChI=1S/C12H22N2/c1-4-5-6-8-14-9-7-12(13-3)10-11(14)2/h1,11-13H,5-10H2,2-3H3. The highest BCUT2D eigenvalue weighted by molar-refractivity contribution is 4.86. The summed E-state index contributed by atoms with van der Waals surface area (Å²) in [6.07, 6.45) is 9.85. The van der Waals surface area contributed by atoms with Gasteiger partial charge < -0.3 is 10.2 Å². The second kappa shape index (κ2) is 6.06. The number of hydrogen-bond acceptors (Lipinski definition) is 2. The summed E-state index contributed by atoms with van der Waals surface area (Å²) >= 11 is 0. The maximum absolute atomic E-state index is 5.24. The molecule has 1 aliphatic rings. The molecule has 1 rings (SSSR count). The average Bonchev–Trinajstić information content (AvgIpc) is 2.20. The van der Waals surface area contributed by atoms with Crippen molar-refractivity contribution >= 4 is 0 Å². The molecule has 0 radical (unpaired) electrons. The van der Waals surface area contributed by atoms with Crippen LogP contribution in [0.1, 0.15) is 32.6 Å². The molecule has 2 nitrogen and oxygen atoms in total. The Labute approximate surface area is 88.1 Å². The highest BCUT2D eigenvalue weighted by atomic mass is 15.2. The van der Waals surface area contributed by atoms with E-state index in [9.17, 15) is 0 Å². The first-order valence-corrected chi connectivity index (χ1v) is 5.62. The Balaban J connectivity index is 2.24. The molecular weight excluding hydrogens is 172 g/mol. The van der Waals surface area contributed by atoms with Crippen molar-refractivity contribution < 1.29 is 0 Å². The van der Waals surface area contributed by atoms with Crippen molar-refractivity contribution in [3.63, 3.8) is 0 Å². The molecule has 0 bridgehead atoms. The van der Waals surface area contributed by atoms with E-state index >= 15 is 0 Å². The normalized spacial score (nSPS) is 28.6. The third-order valence-corrected chi connectivity index (χ3v) is 3.19. The zero-order valence-corrected chi connectivity index (χ0v) is 9.42. The Bertz CT molecular complexity index is 195. The van der Waals surface area contributed by atoms with Crippen LogP contribution in [0.25, 0.3) is 0 Å². The molecule has 14 heavy (non-hydrogen) atoms. The number of rotatable bonds is 4. The highest BCUT2D eigenvalue weighted by Crippen LogP contribution is 2.17. The summed E-state index contributed by atoms with van der Waals surface area (Å²) in [5.41, 5.74) is 0. The number of nitrogens with one attached hydrogen (secondary N) is 1. The zero-order valence-electron chi connectivity index (χ0n) is 9.42. The van der Waals surface area contributed by atoms with Gasteiger partial charge in [-0.25, -0.2) is 0 Å². The SMILES string of the molecule is C#CCCCN1CCC(NC)CC1C. The molecule has 2 unspecified atom stereocenters. The second-order valence-electron chi connectivity index (χ2n) is 4.20. The van der Waals surface area contributed by atoms with Crippen LogP contribution in [0.5, 0.6) is 0 Å². The summed E-state index contributed by atoms with van der Waals surface area (Å²) in [5, 5.41) is 3.36. The van der Waals surface area contributed by atoms with E-state index in [0.717, 1.165) is 12.8 Å². The lowest BCUT2D eigenvalue weighted by molar-refractivity contribution is 0.138. The predicted octanol–water partition coefficient (Wildman–Crippen LogP) is 1.47. The van der Waals surface area contributed by atoms with Crippen LogP contribution in [0.15, 0.2) is 0 Å². The lowest BCUT2D eigenvalue weighted by Gasteiger charge is -2.37. The van der Waals surface area contributed by atoms with Crippen molar-refractivity contribution in [3.8, 4) is 12.3 Å². The number of piperidine rings is 1. The van der Waals surface area contributed by atoms with Gasteiger partial charge in [-0.2, -0.15) is 0 Å². The summed E-state index contributed by atoms with van der Waals surface area (Å²) in [5.74, 6) is 2.70. The molecular formula is C12H22N2. The fraction of sp³-hybridized carbons (Fsp3) is 0.833. The van der Waals surface area contributed by atoms with Crippen molar-refractivity contribution in [2.75, 3.05) is 20.1 Å². The maximum Gasteiger partial charge on any atom is 0.00982 e. The van der Waals surface area contributed by atoms with E-state index in [1.165, 1.54) is 25.9 Å². The van der Waals surface area contributed by atoms with Gasteiger partial charge in [0, 0.05) is 18.5 Å². The quantitative estimate of drug-likeness (QED) is 0.538. The smallest absolute Gasteiger partial charge is 0.00982 e. The van der Waals surface area contributed by atoms with E-state index in [0.29, 0.717) is 12.1 Å². The lowest BCUT2D eigenvalue weighted by Crippen LogP contribution is -2.46. The van der Waals surface area contributed by atoms with Gasteiger partial charge in [0.2, 0.25) is 0 Å². The second-order valence-corrected chi connectivity index (χ2v) is 4.20. The molecule has 0 saturated carbocycles. The van der Waals surface area contributed by atoms with E-state index in [2.05, 4.69) is 30.1 Å². The van der Waals surface area contributed by atoms with Crippen molar-refractivity contribution in [2.24, 2.45) is 0 Å². The third-order valence-electron chi connectivity index (χ3n) is 3.19. The maximum atomic E-state index is 5.24. The average molecular weight is 194 g/mol. The molecule has 80 valence electrons. The molecule has 0 amide bonds. The fourth-order valence-corrected chi connectivity index (χ4v) is 2.20. The Kier molecular flexibility index (Phi) is 5.00. The molecule has 0 spiro atoms. The number of hydrogen-bond donors (Lipinski definition) is 1. The molecule has 0 aromatic carbocycles. The fourth-order valence-electron chi connectivity index (χ4n) is 2.20. The Hall–Kier alpha value is -0.520. The molecule has 0 aromatic rings. The van der Waals surface area contributed by atoms with Crippen LogP contribution in [0.3, 0.4) is 0 Å². The topological polar surface area (TPSA) is 15.3 Å². The highest BCUT2D eigenvalue weighted by Gasteiger charge is 2.23. The summed E-state index contributed by atoms with van der Waals surface area (Å²) in [4.78, 5) is 2.56. The first-order valence-electron chi connectivity index (χ1n) is 5.62. The monoisotopic (exact) mass is 194 g/mol. The zero-order chi connectivity index (χ0) is 10.4. The van der Waals surface area contributed by atoms with Gasteiger partial charge in [0.05, 0.1) is 0 Å². The van der Waals surface area contributed by atoms with Crippen molar-refractivity contribution in [3.05, 3.63) is 0 Å². The van der Waals surface area contributed by atoms with Crippen LogP contribution in [0.2, 0.25) is 0 Å². The Morgan fingerprint density at radius 3 is 2.93 bits per heavy atom. The van der Waals surface area contributed by atoms with Gasteiger partial charge in [-0.1, -0.05) is 0 Å².